The van der Waals surface area contributed by atoms with Crippen LogP contribution in [0.5, 0.6) is 0 Å². The molecule has 2 amide bonds. The Morgan fingerprint density at radius 2 is 1.93 bits per heavy atom. The molecule has 0 saturated heterocycles. The fourth-order valence-corrected chi connectivity index (χ4v) is 6.14. The van der Waals surface area contributed by atoms with Crippen LogP contribution in [-0.2, 0) is 16.1 Å². The molecule has 3 N–H and O–H groups in total. The number of halogens is 1. The first-order chi connectivity index (χ1) is 14.1. The second-order valence-corrected chi connectivity index (χ2v) is 10.1. The first kappa shape index (κ1) is 23.1. The first-order valence-electron chi connectivity index (χ1n) is 11.1. The fourth-order valence-electron chi connectivity index (χ4n) is 5.94. The van der Waals surface area contributed by atoms with Gasteiger partial charge in [-0.3, -0.25) is 9.59 Å². The summed E-state index contributed by atoms with van der Waals surface area (Å²) in [5.41, 5.74) is 0.938. The summed E-state index contributed by atoms with van der Waals surface area (Å²) in [6.07, 6.45) is 3.21. The number of nitrogens with one attached hydrogen (secondary N) is 2. The number of hydrogen-bond donors (Lipinski definition) is 3. The van der Waals surface area contributed by atoms with E-state index in [2.05, 4.69) is 24.5 Å². The lowest BCUT2D eigenvalue weighted by Crippen LogP contribution is -2.58. The summed E-state index contributed by atoms with van der Waals surface area (Å²) >= 11 is 6.20. The van der Waals surface area contributed by atoms with Gasteiger partial charge in [-0.1, -0.05) is 50.6 Å². The zero-order valence-corrected chi connectivity index (χ0v) is 19.2. The predicted octanol–water partition coefficient (Wildman–Crippen LogP) is 3.92. The van der Waals surface area contributed by atoms with E-state index in [0.717, 1.165) is 31.2 Å². The summed E-state index contributed by atoms with van der Waals surface area (Å²) in [7, 11) is 0. The Morgan fingerprint density at radius 1 is 1.27 bits per heavy atom. The third kappa shape index (κ3) is 4.67. The van der Waals surface area contributed by atoms with E-state index in [-0.39, 0.29) is 46.9 Å². The van der Waals surface area contributed by atoms with Gasteiger partial charge in [-0.25, -0.2) is 0 Å². The van der Waals surface area contributed by atoms with Crippen molar-refractivity contribution in [2.45, 2.75) is 72.1 Å². The monoisotopic (exact) mass is 434 g/mol. The van der Waals surface area contributed by atoms with Crippen LogP contribution in [0.25, 0.3) is 0 Å². The Kier molecular flexibility index (Phi) is 7.13. The minimum atomic E-state index is -0.559. The molecular weight excluding hydrogens is 400 g/mol. The van der Waals surface area contributed by atoms with E-state index in [1.807, 2.05) is 31.2 Å². The van der Waals surface area contributed by atoms with Crippen LogP contribution in [0.4, 0.5) is 0 Å². The molecule has 3 rings (SSSR count). The Labute approximate surface area is 185 Å². The molecule has 5 nitrogen and oxygen atoms in total. The second kappa shape index (κ2) is 9.27. The minimum Gasteiger partial charge on any atom is -0.392 e. The highest BCUT2D eigenvalue weighted by Gasteiger charge is 2.53. The van der Waals surface area contributed by atoms with Gasteiger partial charge in [0.1, 0.15) is 0 Å². The highest BCUT2D eigenvalue weighted by Crippen LogP contribution is 2.55. The van der Waals surface area contributed by atoms with Crippen LogP contribution in [0.15, 0.2) is 24.3 Å². The maximum Gasteiger partial charge on any atom is 0.223 e. The van der Waals surface area contributed by atoms with Gasteiger partial charge in [-0.05, 0) is 60.5 Å². The van der Waals surface area contributed by atoms with Crippen molar-refractivity contribution in [3.63, 3.8) is 0 Å². The van der Waals surface area contributed by atoms with E-state index in [1.165, 1.54) is 0 Å². The molecular formula is C24H35ClN2O3. The van der Waals surface area contributed by atoms with Crippen molar-refractivity contribution in [2.24, 2.45) is 29.1 Å². The van der Waals surface area contributed by atoms with Gasteiger partial charge in [0, 0.05) is 30.5 Å². The largest absolute Gasteiger partial charge is 0.392 e. The van der Waals surface area contributed by atoms with Gasteiger partial charge in [0.25, 0.3) is 0 Å². The molecule has 2 saturated carbocycles. The van der Waals surface area contributed by atoms with Gasteiger partial charge in [0.2, 0.25) is 11.8 Å². The number of aliphatic hydroxyl groups is 1. The number of rotatable bonds is 5. The van der Waals surface area contributed by atoms with Crippen LogP contribution < -0.4 is 10.6 Å². The topological polar surface area (TPSA) is 78.4 Å². The molecule has 0 radical (unpaired) electrons. The van der Waals surface area contributed by atoms with Crippen LogP contribution in [0, 0.1) is 29.1 Å². The number of carbonyl (C=O) groups is 2. The second-order valence-electron chi connectivity index (χ2n) is 9.68. The Balaban J connectivity index is 1.68. The van der Waals surface area contributed by atoms with Gasteiger partial charge >= 0.3 is 0 Å². The summed E-state index contributed by atoms with van der Waals surface area (Å²) in [5, 5.41) is 18.1. The number of aliphatic hydroxyl groups excluding tert-OH is 1. The molecule has 6 heteroatoms. The molecule has 30 heavy (non-hydrogen) atoms. The van der Waals surface area contributed by atoms with Crippen LogP contribution in [0.2, 0.25) is 5.02 Å². The Bertz CT molecular complexity index is 785. The molecule has 0 heterocycles. The molecule has 7 atom stereocenters. The molecule has 2 aliphatic rings. The minimum absolute atomic E-state index is 0.0235. The van der Waals surface area contributed by atoms with Gasteiger partial charge in [0.05, 0.1) is 6.10 Å². The number of fused-ring (bicyclic) bond motifs is 1. The van der Waals surface area contributed by atoms with Crippen molar-refractivity contribution < 1.29 is 14.7 Å². The van der Waals surface area contributed by atoms with E-state index in [4.69, 9.17) is 11.6 Å². The summed E-state index contributed by atoms with van der Waals surface area (Å²) in [4.78, 5) is 24.5. The van der Waals surface area contributed by atoms with Gasteiger partial charge in [-0.2, -0.15) is 0 Å². The van der Waals surface area contributed by atoms with Crippen molar-refractivity contribution in [3.05, 3.63) is 34.9 Å². The Morgan fingerprint density at radius 3 is 2.60 bits per heavy atom. The van der Waals surface area contributed by atoms with Crippen LogP contribution in [0.3, 0.4) is 0 Å². The first-order valence-corrected chi connectivity index (χ1v) is 11.5. The predicted molar refractivity (Wildman–Crippen MR) is 119 cm³/mol. The zero-order chi connectivity index (χ0) is 22.1. The van der Waals surface area contributed by atoms with E-state index in [0.29, 0.717) is 11.6 Å². The summed E-state index contributed by atoms with van der Waals surface area (Å²) in [5.74, 6) is -0.216. The lowest BCUT2D eigenvalue weighted by atomic mass is 9.51. The highest BCUT2D eigenvalue weighted by atomic mass is 35.5. The maximum absolute atomic E-state index is 12.9. The standard InChI is InChI=1S/C24H35ClN2O3/c1-14(23(30)26-13-17-7-5-6-8-19(17)25)18-9-11-24(4)12-10-20(27-16(3)28)15(2)21(24)22(18)29/h5-8,14-15,18,20-22,29H,9-13H2,1-4H3,(H,26,30)(H,27,28)/t14-,15+,18+,20-,21+,22-,24-/m0/s1. The molecule has 0 spiro atoms. The zero-order valence-electron chi connectivity index (χ0n) is 18.5. The molecule has 2 fully saturated rings. The van der Waals surface area contributed by atoms with Crippen LogP contribution in [-0.4, -0.2) is 29.1 Å². The van der Waals surface area contributed by atoms with E-state index >= 15 is 0 Å². The quantitative estimate of drug-likeness (QED) is 0.657. The highest BCUT2D eigenvalue weighted by molar-refractivity contribution is 6.31. The van der Waals surface area contributed by atoms with Crippen LogP contribution >= 0.6 is 11.6 Å². The molecule has 0 bridgehead atoms. The summed E-state index contributed by atoms with van der Waals surface area (Å²) in [6.45, 7) is 8.24. The van der Waals surface area contributed by atoms with Crippen molar-refractivity contribution in [3.8, 4) is 0 Å². The summed E-state index contributed by atoms with van der Waals surface area (Å²) < 4.78 is 0. The molecule has 0 unspecified atom stereocenters. The molecule has 0 aliphatic heterocycles. The van der Waals surface area contributed by atoms with Crippen molar-refractivity contribution in [2.75, 3.05) is 0 Å². The number of carbonyl (C=O) groups excluding carboxylic acids is 2. The summed E-state index contributed by atoms with van der Waals surface area (Å²) in [6, 6.07) is 7.57. The average Bonchev–Trinajstić information content (AvgIpc) is 2.69. The van der Waals surface area contributed by atoms with Gasteiger partial charge in [0.15, 0.2) is 0 Å². The molecule has 2 aliphatic carbocycles. The number of benzene rings is 1. The normalized spacial score (nSPS) is 34.5. The maximum atomic E-state index is 12.9. The lowest BCUT2D eigenvalue weighted by molar-refractivity contribution is -0.143. The molecule has 1 aromatic rings. The fraction of sp³-hybridized carbons (Fsp3) is 0.667. The lowest BCUT2D eigenvalue weighted by Gasteiger charge is -2.56. The van der Waals surface area contributed by atoms with Crippen LogP contribution in [0.1, 0.15) is 58.9 Å². The van der Waals surface area contributed by atoms with Gasteiger partial charge in [-0.15, -0.1) is 0 Å². The third-order valence-electron chi connectivity index (χ3n) is 7.74. The van der Waals surface area contributed by atoms with E-state index in [1.54, 1.807) is 6.92 Å². The number of hydrogen-bond acceptors (Lipinski definition) is 3. The van der Waals surface area contributed by atoms with E-state index < -0.39 is 6.10 Å². The smallest absolute Gasteiger partial charge is 0.223 e. The van der Waals surface area contributed by atoms with Gasteiger partial charge < -0.3 is 15.7 Å². The molecule has 166 valence electrons. The molecule has 0 aromatic heterocycles. The average molecular weight is 435 g/mol. The number of amides is 2. The van der Waals surface area contributed by atoms with E-state index in [9.17, 15) is 14.7 Å². The van der Waals surface area contributed by atoms with Crippen molar-refractivity contribution in [1.29, 1.82) is 0 Å². The van der Waals surface area contributed by atoms with Crippen molar-refractivity contribution >= 4 is 23.4 Å². The molecule has 1 aromatic carbocycles. The third-order valence-corrected chi connectivity index (χ3v) is 8.11. The Hall–Kier alpha value is -1.59. The SMILES string of the molecule is CC(=O)N[C@H]1CC[C@]2(C)CC[C@H]([C@H](C)C(=O)NCc3ccccc3Cl)[C@H](O)[C@H]2[C@@H]1C. The van der Waals surface area contributed by atoms with Crippen molar-refractivity contribution in [1.82, 2.24) is 10.6 Å².